The maximum absolute atomic E-state index is 5.85. The van der Waals surface area contributed by atoms with Crippen LogP contribution in [-0.4, -0.2) is 16.3 Å². The van der Waals surface area contributed by atoms with Gasteiger partial charge in [0.15, 0.2) is 0 Å². The molecule has 0 saturated carbocycles. The molecule has 0 saturated heterocycles. The first-order valence-electron chi connectivity index (χ1n) is 5.81. The van der Waals surface area contributed by atoms with Crippen LogP contribution in [0.15, 0.2) is 36.5 Å². The van der Waals surface area contributed by atoms with Crippen LogP contribution in [0.25, 0.3) is 5.69 Å². The summed E-state index contributed by atoms with van der Waals surface area (Å²) in [5.41, 5.74) is 2.07. The van der Waals surface area contributed by atoms with Crippen molar-refractivity contribution in [3.63, 3.8) is 0 Å². The van der Waals surface area contributed by atoms with Crippen molar-refractivity contribution >= 4 is 11.6 Å². The number of rotatable bonds is 5. The second-order valence-corrected chi connectivity index (χ2v) is 4.34. The first-order chi connectivity index (χ1) is 8.29. The quantitative estimate of drug-likeness (QED) is 0.826. The first kappa shape index (κ1) is 12.1. The number of halogens is 1. The van der Waals surface area contributed by atoms with E-state index >= 15 is 0 Å². The second kappa shape index (κ2) is 5.84. The Balaban J connectivity index is 2.04. The van der Waals surface area contributed by atoms with E-state index in [-0.39, 0.29) is 0 Å². The minimum atomic E-state index is 0.741. The molecule has 0 amide bonds. The number of benzene rings is 1. The van der Waals surface area contributed by atoms with E-state index in [2.05, 4.69) is 17.3 Å². The highest BCUT2D eigenvalue weighted by atomic mass is 35.5. The van der Waals surface area contributed by atoms with Crippen molar-refractivity contribution in [1.82, 2.24) is 15.1 Å². The maximum atomic E-state index is 5.85. The van der Waals surface area contributed by atoms with Crippen LogP contribution in [-0.2, 0) is 6.54 Å². The fourth-order valence-electron chi connectivity index (χ4n) is 1.59. The molecule has 2 rings (SSSR count). The molecule has 0 spiro atoms. The molecule has 1 aromatic carbocycles. The van der Waals surface area contributed by atoms with Gasteiger partial charge in [0.05, 0.1) is 11.4 Å². The molecule has 0 unspecified atom stereocenters. The molecule has 0 aliphatic carbocycles. The predicted octanol–water partition coefficient (Wildman–Crippen LogP) is 3.03. The van der Waals surface area contributed by atoms with Gasteiger partial charge < -0.3 is 5.32 Å². The zero-order valence-electron chi connectivity index (χ0n) is 9.86. The number of hydrogen-bond donors (Lipinski definition) is 1. The van der Waals surface area contributed by atoms with Crippen LogP contribution in [0.5, 0.6) is 0 Å². The van der Waals surface area contributed by atoms with E-state index in [0.717, 1.165) is 35.9 Å². The molecule has 0 bridgehead atoms. The van der Waals surface area contributed by atoms with E-state index in [9.17, 15) is 0 Å². The predicted molar refractivity (Wildman–Crippen MR) is 70.6 cm³/mol. The summed E-state index contributed by atoms with van der Waals surface area (Å²) in [7, 11) is 0. The van der Waals surface area contributed by atoms with Gasteiger partial charge in [0, 0.05) is 17.8 Å². The highest BCUT2D eigenvalue weighted by Crippen LogP contribution is 2.12. The minimum absolute atomic E-state index is 0.741. The SMILES string of the molecule is CCCNCc1ccn(-c2ccc(Cl)cc2)n1. The van der Waals surface area contributed by atoms with Crippen LogP contribution >= 0.6 is 11.6 Å². The third-order valence-electron chi connectivity index (χ3n) is 2.47. The van der Waals surface area contributed by atoms with E-state index in [0.29, 0.717) is 0 Å². The van der Waals surface area contributed by atoms with Crippen LogP contribution in [0.1, 0.15) is 19.0 Å². The molecule has 0 radical (unpaired) electrons. The Morgan fingerprint density at radius 2 is 2.00 bits per heavy atom. The van der Waals surface area contributed by atoms with Crippen LogP contribution in [0.2, 0.25) is 5.02 Å². The Kier molecular flexibility index (Phi) is 4.18. The van der Waals surface area contributed by atoms with E-state index in [4.69, 9.17) is 11.6 Å². The molecule has 2 aromatic rings. The number of aromatic nitrogens is 2. The van der Waals surface area contributed by atoms with Crippen molar-refractivity contribution in [2.75, 3.05) is 6.54 Å². The van der Waals surface area contributed by atoms with E-state index in [1.165, 1.54) is 0 Å². The van der Waals surface area contributed by atoms with Gasteiger partial charge in [-0.05, 0) is 43.3 Å². The lowest BCUT2D eigenvalue weighted by molar-refractivity contribution is 0.656. The summed E-state index contributed by atoms with van der Waals surface area (Å²) in [5.74, 6) is 0. The second-order valence-electron chi connectivity index (χ2n) is 3.90. The lowest BCUT2D eigenvalue weighted by atomic mass is 10.3. The molecule has 4 heteroatoms. The Bertz CT molecular complexity index is 462. The van der Waals surface area contributed by atoms with E-state index < -0.39 is 0 Å². The third-order valence-corrected chi connectivity index (χ3v) is 2.72. The van der Waals surface area contributed by atoms with Gasteiger partial charge in [0.25, 0.3) is 0 Å². The highest BCUT2D eigenvalue weighted by Gasteiger charge is 2.00. The van der Waals surface area contributed by atoms with Crippen molar-refractivity contribution in [1.29, 1.82) is 0 Å². The molecule has 0 aliphatic heterocycles. The molecule has 1 N–H and O–H groups in total. The van der Waals surface area contributed by atoms with Crippen LogP contribution in [0, 0.1) is 0 Å². The summed E-state index contributed by atoms with van der Waals surface area (Å²) in [6.45, 7) is 3.99. The van der Waals surface area contributed by atoms with Gasteiger partial charge in [-0.1, -0.05) is 18.5 Å². The Morgan fingerprint density at radius 3 is 2.71 bits per heavy atom. The summed E-state index contributed by atoms with van der Waals surface area (Å²) < 4.78 is 1.86. The topological polar surface area (TPSA) is 29.9 Å². The number of hydrogen-bond acceptors (Lipinski definition) is 2. The Morgan fingerprint density at radius 1 is 1.24 bits per heavy atom. The van der Waals surface area contributed by atoms with Gasteiger partial charge in [0.2, 0.25) is 0 Å². The molecule has 0 fully saturated rings. The summed E-state index contributed by atoms with van der Waals surface area (Å²) in [6.07, 6.45) is 3.10. The third kappa shape index (κ3) is 3.32. The van der Waals surface area contributed by atoms with Crippen molar-refractivity contribution in [3.05, 3.63) is 47.2 Å². The van der Waals surface area contributed by atoms with E-state index in [1.807, 2.05) is 41.2 Å². The van der Waals surface area contributed by atoms with Crippen molar-refractivity contribution in [2.45, 2.75) is 19.9 Å². The lowest BCUT2D eigenvalue weighted by Crippen LogP contribution is -2.14. The van der Waals surface area contributed by atoms with Crippen molar-refractivity contribution < 1.29 is 0 Å². The molecule has 3 nitrogen and oxygen atoms in total. The zero-order valence-corrected chi connectivity index (χ0v) is 10.6. The summed E-state index contributed by atoms with van der Waals surface area (Å²) in [5, 5.41) is 8.56. The molecule has 90 valence electrons. The average molecular weight is 250 g/mol. The summed E-state index contributed by atoms with van der Waals surface area (Å²) in [4.78, 5) is 0. The molecular formula is C13H16ClN3. The highest BCUT2D eigenvalue weighted by molar-refractivity contribution is 6.30. The fraction of sp³-hybridized carbons (Fsp3) is 0.308. The average Bonchev–Trinajstić information content (AvgIpc) is 2.79. The lowest BCUT2D eigenvalue weighted by Gasteiger charge is -2.01. The Labute approximate surface area is 106 Å². The van der Waals surface area contributed by atoms with Gasteiger partial charge in [0.1, 0.15) is 0 Å². The monoisotopic (exact) mass is 249 g/mol. The normalized spacial score (nSPS) is 10.7. The fourth-order valence-corrected chi connectivity index (χ4v) is 1.71. The number of nitrogens with one attached hydrogen (secondary N) is 1. The van der Waals surface area contributed by atoms with Gasteiger partial charge in [-0.3, -0.25) is 0 Å². The van der Waals surface area contributed by atoms with Crippen LogP contribution < -0.4 is 5.32 Å². The molecule has 0 aliphatic rings. The number of nitrogens with zero attached hydrogens (tertiary/aromatic N) is 2. The minimum Gasteiger partial charge on any atom is -0.311 e. The maximum Gasteiger partial charge on any atom is 0.0766 e. The zero-order chi connectivity index (χ0) is 12.1. The standard InChI is InChI=1S/C13H16ClN3/c1-2-8-15-10-12-7-9-17(16-12)13-5-3-11(14)4-6-13/h3-7,9,15H,2,8,10H2,1H3. The van der Waals surface area contributed by atoms with Gasteiger partial charge in [-0.15, -0.1) is 0 Å². The summed E-state index contributed by atoms with van der Waals surface area (Å²) in [6, 6.07) is 9.68. The molecule has 17 heavy (non-hydrogen) atoms. The smallest absolute Gasteiger partial charge is 0.0766 e. The first-order valence-corrected chi connectivity index (χ1v) is 6.18. The van der Waals surface area contributed by atoms with E-state index in [1.54, 1.807) is 0 Å². The van der Waals surface area contributed by atoms with Crippen molar-refractivity contribution in [3.8, 4) is 5.69 Å². The molecular weight excluding hydrogens is 234 g/mol. The van der Waals surface area contributed by atoms with Gasteiger partial charge >= 0.3 is 0 Å². The van der Waals surface area contributed by atoms with Gasteiger partial charge in [-0.2, -0.15) is 5.10 Å². The largest absolute Gasteiger partial charge is 0.311 e. The van der Waals surface area contributed by atoms with Crippen molar-refractivity contribution in [2.24, 2.45) is 0 Å². The molecule has 1 aromatic heterocycles. The van der Waals surface area contributed by atoms with Crippen LogP contribution in [0.3, 0.4) is 0 Å². The molecule has 1 heterocycles. The Hall–Kier alpha value is -1.32. The van der Waals surface area contributed by atoms with Crippen LogP contribution in [0.4, 0.5) is 0 Å². The van der Waals surface area contributed by atoms with Gasteiger partial charge in [-0.25, -0.2) is 4.68 Å². The molecule has 0 atom stereocenters. The summed E-state index contributed by atoms with van der Waals surface area (Å²) >= 11 is 5.85.